The van der Waals surface area contributed by atoms with Crippen molar-refractivity contribution in [3.8, 4) is 0 Å². The topological polar surface area (TPSA) is 29.1 Å². The van der Waals surface area contributed by atoms with Gasteiger partial charge in [0.25, 0.3) is 0 Å². The van der Waals surface area contributed by atoms with Gasteiger partial charge in [-0.15, -0.1) is 0 Å². The van der Waals surface area contributed by atoms with E-state index in [1.165, 1.54) is 12.1 Å². The molecular formula is C28H20Br2ClF5NOP. The van der Waals surface area contributed by atoms with Crippen LogP contribution in [0.25, 0.3) is 0 Å². The molecule has 11 heteroatoms. The predicted molar refractivity (Wildman–Crippen MR) is 157 cm³/mol. The molecule has 0 bridgehead atoms. The molecule has 0 aliphatic carbocycles. The molecular weight excluding hydrogens is 688 g/mol. The van der Waals surface area contributed by atoms with Gasteiger partial charge in [0.15, 0.2) is 0 Å². The number of halogens is 8. The molecule has 2 nitrogen and oxygen atoms in total. The van der Waals surface area contributed by atoms with Crippen LogP contribution in [0.3, 0.4) is 0 Å². The van der Waals surface area contributed by atoms with E-state index in [-0.39, 0.29) is 16.9 Å². The van der Waals surface area contributed by atoms with Crippen LogP contribution in [0.4, 0.5) is 27.6 Å². The zero-order chi connectivity index (χ0) is 28.5. The number of rotatable bonds is 7. The van der Waals surface area contributed by atoms with Crippen LogP contribution in [0.2, 0.25) is 5.02 Å². The first kappa shape index (κ1) is 29.7. The molecule has 204 valence electrons. The van der Waals surface area contributed by atoms with E-state index < -0.39 is 23.3 Å². The predicted octanol–water partition coefficient (Wildman–Crippen LogP) is 8.58. The monoisotopic (exact) mass is 705 g/mol. The number of amides is 1. The number of hydrogen-bond acceptors (Lipinski definition) is 1. The van der Waals surface area contributed by atoms with Gasteiger partial charge in [-0.2, -0.15) is 0 Å². The first-order valence-corrected chi connectivity index (χ1v) is 17.0. The van der Waals surface area contributed by atoms with Crippen LogP contribution in [0.5, 0.6) is 0 Å². The van der Waals surface area contributed by atoms with Crippen LogP contribution in [-0.4, -0.2) is 18.0 Å². The quantitative estimate of drug-likeness (QED) is 0.151. The fraction of sp³-hybridized carbons (Fsp3) is 0.107. The molecule has 0 atom stereocenters. The van der Waals surface area contributed by atoms with Gasteiger partial charge in [-0.3, -0.25) is 0 Å². The zero-order valence-corrected chi connectivity index (χ0v) is 24.7. The Morgan fingerprint density at radius 1 is 0.769 bits per heavy atom. The summed E-state index contributed by atoms with van der Waals surface area (Å²) >= 11 is 13.8. The minimum atomic E-state index is -6.07. The number of nitrogens with one attached hydrogen (secondary N) is 1. The van der Waals surface area contributed by atoms with Crippen molar-refractivity contribution >= 4 is 75.8 Å². The first-order chi connectivity index (χ1) is 18.3. The van der Waals surface area contributed by atoms with Gasteiger partial charge in [0.05, 0.1) is 0 Å². The number of carbonyl (C=O) groups excluding carboxylic acids is 1. The van der Waals surface area contributed by atoms with Crippen molar-refractivity contribution in [2.24, 2.45) is 0 Å². The van der Waals surface area contributed by atoms with Crippen molar-refractivity contribution in [2.75, 3.05) is 5.32 Å². The Bertz CT molecular complexity index is 1390. The van der Waals surface area contributed by atoms with Gasteiger partial charge in [-0.05, 0) is 0 Å². The number of benzene rings is 4. The molecule has 0 aliphatic heterocycles. The van der Waals surface area contributed by atoms with E-state index in [0.717, 1.165) is 15.9 Å². The Labute approximate surface area is 243 Å². The van der Waals surface area contributed by atoms with E-state index in [2.05, 4.69) is 31.4 Å². The molecule has 4 aromatic rings. The molecule has 1 amide bonds. The number of hydrogen-bond donors (Lipinski definition) is 1. The number of carbonyl (C=O) groups is 1. The van der Waals surface area contributed by atoms with Crippen LogP contribution in [0, 0.1) is 0 Å². The van der Waals surface area contributed by atoms with E-state index in [9.17, 15) is 26.7 Å². The minimum absolute atomic E-state index is 0.0263. The first-order valence-electron chi connectivity index (χ1n) is 11.4. The van der Waals surface area contributed by atoms with Gasteiger partial charge in [-0.25, -0.2) is 0 Å². The molecule has 0 saturated carbocycles. The van der Waals surface area contributed by atoms with Gasteiger partial charge in [0.2, 0.25) is 0 Å². The third-order valence-corrected chi connectivity index (χ3v) is 17.1. The van der Waals surface area contributed by atoms with E-state index >= 15 is 0 Å². The van der Waals surface area contributed by atoms with Gasteiger partial charge < -0.3 is 0 Å². The van der Waals surface area contributed by atoms with Crippen molar-refractivity contribution in [1.29, 1.82) is 0 Å². The summed E-state index contributed by atoms with van der Waals surface area (Å²) in [5.41, 5.74) is 0.0390. The average molecular weight is 708 g/mol. The van der Waals surface area contributed by atoms with E-state index in [4.69, 9.17) is 11.6 Å². The molecule has 0 aliphatic rings. The molecule has 4 rings (SSSR count). The second-order valence-corrected chi connectivity index (χ2v) is 19.0. The van der Waals surface area contributed by atoms with Gasteiger partial charge in [0, 0.05) is 0 Å². The standard InChI is InChI=1S/C28H20Br2ClF5NOP/c29-23-16-19(25(17-24(23)31)37-26(38)27(32,33)28(34,35)36)18-39(30,20-10-4-1-5-11-20,21-12-6-2-7-13-21)22-14-8-3-9-15-22/h1-17H,18H2,(H,37,38). The number of anilines is 1. The van der Waals surface area contributed by atoms with Crippen molar-refractivity contribution in [3.63, 3.8) is 0 Å². The molecule has 4 aromatic carbocycles. The van der Waals surface area contributed by atoms with E-state index in [0.29, 0.717) is 10.0 Å². The van der Waals surface area contributed by atoms with Crippen LogP contribution < -0.4 is 21.2 Å². The molecule has 0 fully saturated rings. The van der Waals surface area contributed by atoms with E-state index in [1.807, 2.05) is 91.0 Å². The zero-order valence-electron chi connectivity index (χ0n) is 19.9. The Hall–Kier alpha value is -2.32. The molecule has 0 heterocycles. The second kappa shape index (κ2) is 10.9. The van der Waals surface area contributed by atoms with Gasteiger partial charge in [-0.1, -0.05) is 0 Å². The summed E-state index contributed by atoms with van der Waals surface area (Å²) in [6, 6.07) is 31.1. The van der Waals surface area contributed by atoms with Crippen molar-refractivity contribution in [3.05, 3.63) is 118 Å². The van der Waals surface area contributed by atoms with Gasteiger partial charge in [0.1, 0.15) is 0 Å². The third kappa shape index (κ3) is 5.39. The molecule has 1 N–H and O–H groups in total. The summed E-state index contributed by atoms with van der Waals surface area (Å²) in [6.07, 6.45) is -5.96. The van der Waals surface area contributed by atoms with Crippen LogP contribution >= 0.6 is 48.3 Å². The van der Waals surface area contributed by atoms with Crippen LogP contribution in [-0.2, 0) is 11.0 Å². The Morgan fingerprint density at radius 3 is 1.56 bits per heavy atom. The Kier molecular flexibility index (Phi) is 8.31. The number of alkyl halides is 5. The summed E-state index contributed by atoms with van der Waals surface area (Å²) in [4.78, 5) is 12.2. The van der Waals surface area contributed by atoms with Crippen LogP contribution in [0.1, 0.15) is 5.56 Å². The Balaban J connectivity index is 2.01. The summed E-state index contributed by atoms with van der Waals surface area (Å²) in [6.45, 7) is 0. The van der Waals surface area contributed by atoms with Crippen LogP contribution in [0.15, 0.2) is 108 Å². The van der Waals surface area contributed by atoms with Crippen molar-refractivity contribution in [1.82, 2.24) is 0 Å². The summed E-state index contributed by atoms with van der Waals surface area (Å²) in [7, 11) is 0. The maximum absolute atomic E-state index is 13.9. The Morgan fingerprint density at radius 2 is 1.18 bits per heavy atom. The summed E-state index contributed by atoms with van der Waals surface area (Å²) in [5.74, 6) is -8.11. The second-order valence-electron chi connectivity index (χ2n) is 8.80. The fourth-order valence-electron chi connectivity index (χ4n) is 4.42. The fourth-order valence-corrected chi connectivity index (χ4v) is 12.6. The molecule has 0 radical (unpaired) electrons. The molecule has 0 saturated heterocycles. The van der Waals surface area contributed by atoms with Crippen molar-refractivity contribution in [2.45, 2.75) is 18.3 Å². The SMILES string of the molecule is O=C(Nc1cc(Cl)c(Br)cc1CP(Br)(c1ccccc1)(c1ccccc1)c1ccccc1)C(F)(F)C(F)(F)F. The molecule has 39 heavy (non-hydrogen) atoms. The molecule has 0 aromatic heterocycles. The normalized spacial score (nSPS) is 13.4. The maximum atomic E-state index is 13.9. The average Bonchev–Trinajstić information content (AvgIpc) is 2.92. The third-order valence-electron chi connectivity index (χ3n) is 6.39. The summed E-state index contributed by atoms with van der Waals surface area (Å²) < 4.78 is 67.2. The van der Waals surface area contributed by atoms with Gasteiger partial charge >= 0.3 is 244 Å². The summed E-state index contributed by atoms with van der Waals surface area (Å²) in [5, 5.41) is 0.762. The van der Waals surface area contributed by atoms with E-state index in [1.54, 1.807) is 5.32 Å². The van der Waals surface area contributed by atoms with Crippen molar-refractivity contribution < 1.29 is 26.7 Å². The molecule has 0 unspecified atom stereocenters. The molecule has 0 spiro atoms.